The van der Waals surface area contributed by atoms with Crippen LogP contribution in [0.1, 0.15) is 22.6 Å². The van der Waals surface area contributed by atoms with E-state index >= 15 is 0 Å². The van der Waals surface area contributed by atoms with Crippen LogP contribution in [0.3, 0.4) is 0 Å². The molecule has 2 heterocycles. The lowest BCUT2D eigenvalue weighted by Gasteiger charge is -2.21. The number of carbonyl (C=O) groups excluding carboxylic acids is 2. The van der Waals surface area contributed by atoms with E-state index in [-0.39, 0.29) is 30.5 Å². The number of pyridine rings is 1. The van der Waals surface area contributed by atoms with Crippen LogP contribution in [-0.2, 0) is 16.1 Å². The van der Waals surface area contributed by atoms with Crippen molar-refractivity contribution in [2.45, 2.75) is 13.0 Å². The molecule has 3 aromatic rings. The summed E-state index contributed by atoms with van der Waals surface area (Å²) in [5.74, 6) is 0.962. The molecule has 0 spiro atoms. The Balaban J connectivity index is 1.67. The Morgan fingerprint density at radius 2 is 1.91 bits per heavy atom. The van der Waals surface area contributed by atoms with Crippen molar-refractivity contribution in [3.05, 3.63) is 60.0 Å². The quantitative estimate of drug-likeness (QED) is 0.431. The van der Waals surface area contributed by atoms with E-state index < -0.39 is 0 Å². The van der Waals surface area contributed by atoms with Gasteiger partial charge in [-0.2, -0.15) is 0 Å². The van der Waals surface area contributed by atoms with E-state index in [2.05, 4.69) is 15.5 Å². The number of hydrogen-bond donors (Lipinski definition) is 1. The molecule has 10 nitrogen and oxygen atoms in total. The molecule has 1 aromatic carbocycles. The molecule has 0 saturated carbocycles. The van der Waals surface area contributed by atoms with Crippen molar-refractivity contribution in [1.29, 1.82) is 0 Å². The van der Waals surface area contributed by atoms with Crippen LogP contribution < -0.4 is 14.8 Å². The molecule has 0 aliphatic rings. The molecule has 1 N–H and O–H groups in total. The van der Waals surface area contributed by atoms with Crippen LogP contribution in [0.25, 0.3) is 11.3 Å². The standard InChI is InChI=1S/C24H28N4O6/c1-31-13-12-28(11-9-23(29)26-16-17-6-4-5-10-25-17)24(30)20-15-22(34-27-20)19-14-18(32-2)7-8-21(19)33-3/h4-8,10,14-15H,9,11-13,16H2,1-3H3,(H,26,29). The highest BCUT2D eigenvalue weighted by Gasteiger charge is 2.22. The van der Waals surface area contributed by atoms with Crippen LogP contribution in [0, 0.1) is 0 Å². The van der Waals surface area contributed by atoms with Gasteiger partial charge in [-0.05, 0) is 30.3 Å². The molecule has 2 aromatic heterocycles. The molecule has 2 amide bonds. The number of carbonyl (C=O) groups is 2. The van der Waals surface area contributed by atoms with E-state index in [9.17, 15) is 9.59 Å². The molecule has 10 heteroatoms. The van der Waals surface area contributed by atoms with E-state index in [1.54, 1.807) is 51.8 Å². The van der Waals surface area contributed by atoms with E-state index in [1.807, 2.05) is 18.2 Å². The van der Waals surface area contributed by atoms with E-state index in [0.29, 0.717) is 42.5 Å². The lowest BCUT2D eigenvalue weighted by atomic mass is 10.1. The van der Waals surface area contributed by atoms with Gasteiger partial charge in [0, 0.05) is 38.9 Å². The molecule has 34 heavy (non-hydrogen) atoms. The monoisotopic (exact) mass is 468 g/mol. The summed E-state index contributed by atoms with van der Waals surface area (Å²) in [6, 6.07) is 12.3. The van der Waals surface area contributed by atoms with E-state index in [1.165, 1.54) is 4.90 Å². The zero-order valence-corrected chi connectivity index (χ0v) is 19.4. The van der Waals surface area contributed by atoms with Gasteiger partial charge in [-0.1, -0.05) is 11.2 Å². The normalized spacial score (nSPS) is 10.6. The maximum atomic E-state index is 13.1. The average molecular weight is 469 g/mol. The second kappa shape index (κ2) is 12.4. The maximum Gasteiger partial charge on any atom is 0.276 e. The van der Waals surface area contributed by atoms with Crippen molar-refractivity contribution >= 4 is 11.8 Å². The van der Waals surface area contributed by atoms with Crippen molar-refractivity contribution in [1.82, 2.24) is 20.4 Å². The number of aromatic nitrogens is 2. The summed E-state index contributed by atoms with van der Waals surface area (Å²) in [5.41, 5.74) is 1.47. The second-order valence-electron chi connectivity index (χ2n) is 7.28. The average Bonchev–Trinajstić information content (AvgIpc) is 3.37. The summed E-state index contributed by atoms with van der Waals surface area (Å²) in [5, 5.41) is 6.75. The van der Waals surface area contributed by atoms with Gasteiger partial charge in [-0.3, -0.25) is 14.6 Å². The summed E-state index contributed by atoms with van der Waals surface area (Å²) in [6.45, 7) is 1.13. The van der Waals surface area contributed by atoms with Crippen molar-refractivity contribution in [2.75, 3.05) is 41.0 Å². The first kappa shape index (κ1) is 24.7. The number of nitrogens with one attached hydrogen (secondary N) is 1. The number of nitrogens with zero attached hydrogens (tertiary/aromatic N) is 3. The van der Waals surface area contributed by atoms with Gasteiger partial charge in [-0.15, -0.1) is 0 Å². The van der Waals surface area contributed by atoms with Crippen molar-refractivity contribution in [3.63, 3.8) is 0 Å². The Morgan fingerprint density at radius 3 is 2.62 bits per heavy atom. The molecule has 0 unspecified atom stereocenters. The summed E-state index contributed by atoms with van der Waals surface area (Å²) in [6.07, 6.45) is 1.79. The van der Waals surface area contributed by atoms with Gasteiger partial charge in [0.1, 0.15) is 11.5 Å². The van der Waals surface area contributed by atoms with Crippen LogP contribution >= 0.6 is 0 Å². The number of methoxy groups -OCH3 is 3. The Bertz CT molecular complexity index is 1090. The number of rotatable bonds is 12. The topological polar surface area (TPSA) is 116 Å². The molecule has 0 fully saturated rings. The fraction of sp³-hybridized carbons (Fsp3) is 0.333. The molecule has 180 valence electrons. The van der Waals surface area contributed by atoms with Gasteiger partial charge in [0.25, 0.3) is 5.91 Å². The summed E-state index contributed by atoms with van der Waals surface area (Å²) >= 11 is 0. The minimum atomic E-state index is -0.369. The third kappa shape index (κ3) is 6.55. The van der Waals surface area contributed by atoms with Gasteiger partial charge >= 0.3 is 0 Å². The van der Waals surface area contributed by atoms with Crippen molar-refractivity contribution in [2.24, 2.45) is 0 Å². The minimum Gasteiger partial charge on any atom is -0.497 e. The number of benzene rings is 1. The second-order valence-corrected chi connectivity index (χ2v) is 7.28. The van der Waals surface area contributed by atoms with E-state index in [4.69, 9.17) is 18.7 Å². The Labute approximate surface area is 197 Å². The van der Waals surface area contributed by atoms with Crippen LogP contribution in [0.15, 0.2) is 53.2 Å². The molecule has 0 bridgehead atoms. The maximum absolute atomic E-state index is 13.1. The molecule has 0 saturated heterocycles. The smallest absolute Gasteiger partial charge is 0.276 e. The Kier molecular flexibility index (Phi) is 8.98. The molecule has 0 atom stereocenters. The Hall–Kier alpha value is -3.92. The van der Waals surface area contributed by atoms with Crippen LogP contribution in [-0.4, -0.2) is 67.9 Å². The summed E-state index contributed by atoms with van der Waals surface area (Å²) in [4.78, 5) is 31.1. The molecular weight excluding hydrogens is 440 g/mol. The zero-order valence-electron chi connectivity index (χ0n) is 19.4. The van der Waals surface area contributed by atoms with Crippen LogP contribution in [0.5, 0.6) is 11.5 Å². The number of amides is 2. The fourth-order valence-electron chi connectivity index (χ4n) is 3.20. The molecule has 3 rings (SSSR count). The zero-order chi connectivity index (χ0) is 24.3. The number of hydrogen-bond acceptors (Lipinski definition) is 8. The van der Waals surface area contributed by atoms with Crippen molar-refractivity contribution < 1.29 is 28.3 Å². The largest absolute Gasteiger partial charge is 0.497 e. The van der Waals surface area contributed by atoms with Crippen LogP contribution in [0.4, 0.5) is 0 Å². The van der Waals surface area contributed by atoms with Gasteiger partial charge in [0.05, 0.1) is 38.6 Å². The third-order valence-corrected chi connectivity index (χ3v) is 5.06. The lowest BCUT2D eigenvalue weighted by molar-refractivity contribution is -0.121. The first-order chi connectivity index (χ1) is 16.5. The van der Waals surface area contributed by atoms with Gasteiger partial charge < -0.3 is 29.0 Å². The number of ether oxygens (including phenoxy) is 3. The van der Waals surface area contributed by atoms with Crippen molar-refractivity contribution in [3.8, 4) is 22.8 Å². The van der Waals surface area contributed by atoms with Gasteiger partial charge in [0.15, 0.2) is 11.5 Å². The first-order valence-corrected chi connectivity index (χ1v) is 10.7. The van der Waals surface area contributed by atoms with E-state index in [0.717, 1.165) is 5.69 Å². The highest BCUT2D eigenvalue weighted by atomic mass is 16.5. The fourth-order valence-corrected chi connectivity index (χ4v) is 3.20. The molecule has 0 radical (unpaired) electrons. The lowest BCUT2D eigenvalue weighted by Crippen LogP contribution is -2.37. The third-order valence-electron chi connectivity index (χ3n) is 5.06. The highest BCUT2D eigenvalue weighted by Crippen LogP contribution is 2.33. The molecular formula is C24H28N4O6. The molecule has 0 aliphatic heterocycles. The SMILES string of the molecule is COCCN(CCC(=O)NCc1ccccn1)C(=O)c1cc(-c2cc(OC)ccc2OC)on1. The van der Waals surface area contributed by atoms with Gasteiger partial charge in [-0.25, -0.2) is 0 Å². The summed E-state index contributed by atoms with van der Waals surface area (Å²) in [7, 11) is 4.64. The first-order valence-electron chi connectivity index (χ1n) is 10.7. The highest BCUT2D eigenvalue weighted by molar-refractivity contribution is 5.93. The predicted octanol–water partition coefficient (Wildman–Crippen LogP) is 2.55. The van der Waals surface area contributed by atoms with Gasteiger partial charge in [0.2, 0.25) is 5.91 Å². The van der Waals surface area contributed by atoms with Crippen LogP contribution in [0.2, 0.25) is 0 Å². The predicted molar refractivity (Wildman–Crippen MR) is 124 cm³/mol. The molecule has 0 aliphatic carbocycles. The Morgan fingerprint density at radius 1 is 1.06 bits per heavy atom. The minimum absolute atomic E-state index is 0.116. The summed E-state index contributed by atoms with van der Waals surface area (Å²) < 4.78 is 21.2.